The van der Waals surface area contributed by atoms with E-state index in [9.17, 15) is 23.1 Å². The van der Waals surface area contributed by atoms with E-state index in [-0.39, 0.29) is 12.3 Å². The predicted octanol–water partition coefficient (Wildman–Crippen LogP) is 6.94. The van der Waals surface area contributed by atoms with Gasteiger partial charge in [-0.2, -0.15) is 13.2 Å². The monoisotopic (exact) mass is 499 g/mol. The van der Waals surface area contributed by atoms with Crippen LogP contribution in [0.4, 0.5) is 13.2 Å². The van der Waals surface area contributed by atoms with E-state index in [4.69, 9.17) is 23.2 Å². The van der Waals surface area contributed by atoms with Crippen molar-refractivity contribution in [1.82, 2.24) is 4.90 Å². The lowest BCUT2D eigenvalue weighted by molar-refractivity contribution is -0.226. The molecule has 1 heterocycles. The molecule has 33 heavy (non-hydrogen) atoms. The molecule has 0 bridgehead atoms. The van der Waals surface area contributed by atoms with Crippen molar-refractivity contribution < 1.29 is 23.1 Å². The second kappa shape index (κ2) is 10.5. The number of carbonyl (C=O) groups excluding carboxylic acids is 1. The molecule has 0 radical (unpaired) electrons. The first-order valence-corrected chi connectivity index (χ1v) is 11.5. The topological polar surface area (TPSA) is 40.5 Å². The van der Waals surface area contributed by atoms with E-state index in [1.165, 1.54) is 11.8 Å². The maximum atomic E-state index is 13.6. The quantitative estimate of drug-likeness (QED) is 0.419. The van der Waals surface area contributed by atoms with E-state index in [1.54, 1.807) is 48.5 Å². The zero-order valence-electron chi connectivity index (χ0n) is 18.1. The Labute approximate surface area is 201 Å². The molecule has 0 saturated carbocycles. The average Bonchev–Trinajstić information content (AvgIpc) is 2.76. The summed E-state index contributed by atoms with van der Waals surface area (Å²) in [5, 5.41) is 11.2. The van der Waals surface area contributed by atoms with Gasteiger partial charge in [0.1, 0.15) is 0 Å². The number of hydrogen-bond acceptors (Lipinski definition) is 2. The maximum Gasteiger partial charge on any atom is 0.416 e. The summed E-state index contributed by atoms with van der Waals surface area (Å²) in [6.07, 6.45) is -5.29. The third kappa shape index (κ3) is 5.56. The fourth-order valence-corrected chi connectivity index (χ4v) is 5.07. The molecule has 2 aromatic carbocycles. The maximum absolute atomic E-state index is 13.6. The molecule has 1 N–H and O–H groups in total. The van der Waals surface area contributed by atoms with E-state index < -0.39 is 36.2 Å². The number of piperidine rings is 1. The van der Waals surface area contributed by atoms with Gasteiger partial charge in [-0.1, -0.05) is 60.5 Å². The van der Waals surface area contributed by atoms with Crippen LogP contribution in [0.25, 0.3) is 0 Å². The van der Waals surface area contributed by atoms with Crippen LogP contribution in [0.5, 0.6) is 0 Å². The molecular weight excluding hydrogens is 474 g/mol. The van der Waals surface area contributed by atoms with Crippen molar-refractivity contribution >= 4 is 29.1 Å². The SMILES string of the molecule is C=CC[C@H]1CC(c2cccc(Cl)c2)[C@@H](c2ccc(Cl)cc2)N([C@@H](CC)C(O)C(F)(F)F)C1=O. The highest BCUT2D eigenvalue weighted by molar-refractivity contribution is 6.30. The molecule has 0 spiro atoms. The molecule has 3 nitrogen and oxygen atoms in total. The largest absolute Gasteiger partial charge is 0.416 e. The molecule has 3 rings (SSSR count). The summed E-state index contributed by atoms with van der Waals surface area (Å²) in [6.45, 7) is 5.26. The molecule has 1 saturated heterocycles. The summed E-state index contributed by atoms with van der Waals surface area (Å²) in [4.78, 5) is 14.8. The van der Waals surface area contributed by atoms with Gasteiger partial charge in [0.2, 0.25) is 5.91 Å². The van der Waals surface area contributed by atoms with Crippen LogP contribution >= 0.6 is 23.2 Å². The zero-order valence-corrected chi connectivity index (χ0v) is 19.6. The second-order valence-electron chi connectivity index (χ2n) is 8.32. The van der Waals surface area contributed by atoms with Gasteiger partial charge in [-0.25, -0.2) is 0 Å². The molecule has 0 aliphatic carbocycles. The van der Waals surface area contributed by atoms with Gasteiger partial charge in [-0.15, -0.1) is 6.58 Å². The Bertz CT molecular complexity index is 980. The molecule has 178 valence electrons. The summed E-state index contributed by atoms with van der Waals surface area (Å²) < 4.78 is 40.9. The molecule has 1 aliphatic heterocycles. The second-order valence-corrected chi connectivity index (χ2v) is 9.20. The summed E-state index contributed by atoms with van der Waals surface area (Å²) in [7, 11) is 0. The molecule has 2 unspecified atom stereocenters. The summed E-state index contributed by atoms with van der Waals surface area (Å²) >= 11 is 12.3. The molecular formula is C25H26Cl2F3NO2. The number of aliphatic hydroxyl groups excluding tert-OH is 1. The number of aliphatic hydroxyl groups is 1. The van der Waals surface area contributed by atoms with Gasteiger partial charge in [-0.05, 0) is 54.7 Å². The van der Waals surface area contributed by atoms with Crippen molar-refractivity contribution in [3.05, 3.63) is 82.4 Å². The highest BCUT2D eigenvalue weighted by atomic mass is 35.5. The lowest BCUT2D eigenvalue weighted by Crippen LogP contribution is -2.57. The smallest absolute Gasteiger partial charge is 0.382 e. The van der Waals surface area contributed by atoms with Gasteiger partial charge in [0, 0.05) is 21.9 Å². The van der Waals surface area contributed by atoms with E-state index in [0.717, 1.165) is 5.56 Å². The van der Waals surface area contributed by atoms with Gasteiger partial charge in [-0.3, -0.25) is 4.79 Å². The van der Waals surface area contributed by atoms with Crippen molar-refractivity contribution in [2.24, 2.45) is 5.92 Å². The average molecular weight is 500 g/mol. The number of halogens is 5. The van der Waals surface area contributed by atoms with Gasteiger partial charge in [0.25, 0.3) is 0 Å². The summed E-state index contributed by atoms with van der Waals surface area (Å²) in [6, 6.07) is 11.7. The number of carbonyl (C=O) groups is 1. The third-order valence-electron chi connectivity index (χ3n) is 6.24. The molecule has 0 aromatic heterocycles. The molecule has 2 aromatic rings. The van der Waals surface area contributed by atoms with Crippen LogP contribution in [0, 0.1) is 5.92 Å². The van der Waals surface area contributed by atoms with Crippen LogP contribution in [0.15, 0.2) is 61.2 Å². The molecule has 1 amide bonds. The molecule has 1 aliphatic rings. The minimum absolute atomic E-state index is 0.0699. The van der Waals surface area contributed by atoms with Crippen LogP contribution < -0.4 is 0 Å². The number of likely N-dealkylation sites (tertiary alicyclic amines) is 1. The normalized spacial score (nSPS) is 23.3. The summed E-state index contributed by atoms with van der Waals surface area (Å²) in [5.74, 6) is -1.34. The van der Waals surface area contributed by atoms with Gasteiger partial charge in [0.05, 0.1) is 12.1 Å². The van der Waals surface area contributed by atoms with E-state index in [0.29, 0.717) is 28.5 Å². The lowest BCUT2D eigenvalue weighted by Gasteiger charge is -2.49. The van der Waals surface area contributed by atoms with E-state index in [2.05, 4.69) is 6.58 Å². The fourth-order valence-electron chi connectivity index (χ4n) is 4.74. The number of nitrogens with zero attached hydrogens (tertiary/aromatic N) is 1. The van der Waals surface area contributed by atoms with Crippen molar-refractivity contribution in [3.8, 4) is 0 Å². The van der Waals surface area contributed by atoms with Crippen molar-refractivity contribution in [1.29, 1.82) is 0 Å². The van der Waals surface area contributed by atoms with Crippen molar-refractivity contribution in [2.75, 3.05) is 0 Å². The number of rotatable bonds is 7. The van der Waals surface area contributed by atoms with Crippen LogP contribution in [0.2, 0.25) is 10.0 Å². The molecule has 8 heteroatoms. The minimum atomic E-state index is -4.87. The lowest BCUT2D eigenvalue weighted by atomic mass is 9.74. The number of hydrogen-bond donors (Lipinski definition) is 1. The van der Waals surface area contributed by atoms with Gasteiger partial charge < -0.3 is 10.0 Å². The minimum Gasteiger partial charge on any atom is -0.382 e. The molecule has 5 atom stereocenters. The van der Waals surface area contributed by atoms with Crippen LogP contribution in [-0.2, 0) is 4.79 Å². The first-order chi connectivity index (χ1) is 15.6. The first-order valence-electron chi connectivity index (χ1n) is 10.8. The zero-order chi connectivity index (χ0) is 24.3. The Balaban J connectivity index is 2.22. The Hall–Kier alpha value is -2.02. The number of benzene rings is 2. The number of amides is 1. The first kappa shape index (κ1) is 25.6. The number of alkyl halides is 3. The third-order valence-corrected chi connectivity index (χ3v) is 6.73. The summed E-state index contributed by atoms with van der Waals surface area (Å²) in [5.41, 5.74) is 1.45. The fraction of sp³-hybridized carbons (Fsp3) is 0.400. The number of allylic oxidation sites excluding steroid dienone is 1. The Morgan fingerprint density at radius 3 is 2.36 bits per heavy atom. The standard InChI is InChI=1S/C25H26Cl2F3NO2/c1-3-6-17-14-20(16-7-5-8-19(27)13-16)22(15-9-11-18(26)12-10-15)31(24(17)33)21(4-2)23(32)25(28,29)30/h3,5,7-13,17,20-23,32H,1,4,6,14H2,2H3/t17-,20?,21-,22+,23?/m0/s1. The molecule has 1 fully saturated rings. The Morgan fingerprint density at radius 2 is 1.82 bits per heavy atom. The predicted molar refractivity (Wildman–Crippen MR) is 124 cm³/mol. The van der Waals surface area contributed by atoms with E-state index in [1.807, 2.05) is 6.07 Å². The highest BCUT2D eigenvalue weighted by Gasteiger charge is 2.52. The highest BCUT2D eigenvalue weighted by Crippen LogP contribution is 2.48. The Kier molecular flexibility index (Phi) is 8.14. The van der Waals surface area contributed by atoms with Gasteiger partial charge in [0.15, 0.2) is 6.10 Å². The van der Waals surface area contributed by atoms with Crippen LogP contribution in [0.1, 0.15) is 49.3 Å². The van der Waals surface area contributed by atoms with Crippen LogP contribution in [-0.4, -0.2) is 34.2 Å². The Morgan fingerprint density at radius 1 is 1.15 bits per heavy atom. The van der Waals surface area contributed by atoms with Crippen molar-refractivity contribution in [2.45, 2.75) is 56.5 Å². The van der Waals surface area contributed by atoms with Crippen LogP contribution in [0.3, 0.4) is 0 Å². The van der Waals surface area contributed by atoms with Crippen molar-refractivity contribution in [3.63, 3.8) is 0 Å². The van der Waals surface area contributed by atoms with E-state index >= 15 is 0 Å². The van der Waals surface area contributed by atoms with Gasteiger partial charge >= 0.3 is 6.18 Å².